The molecule has 0 spiro atoms. The van der Waals surface area contributed by atoms with Gasteiger partial charge in [0.15, 0.2) is 5.82 Å². The van der Waals surface area contributed by atoms with E-state index in [1.54, 1.807) is 0 Å². The lowest BCUT2D eigenvalue weighted by atomic mass is 10.1. The van der Waals surface area contributed by atoms with Crippen molar-refractivity contribution in [1.29, 1.82) is 0 Å². The number of rotatable bonds is 3. The SMILES string of the molecule is O=C1Cc2ccnc(N3CCN(Cc4ccccc4)CC3)c2N1. The Morgan fingerprint density at radius 1 is 1.04 bits per heavy atom. The molecule has 0 aliphatic carbocycles. The average molecular weight is 308 g/mol. The van der Waals surface area contributed by atoms with Crippen molar-refractivity contribution >= 4 is 17.4 Å². The highest BCUT2D eigenvalue weighted by atomic mass is 16.1. The van der Waals surface area contributed by atoms with Gasteiger partial charge in [0.1, 0.15) is 0 Å². The van der Waals surface area contributed by atoms with E-state index in [2.05, 4.69) is 50.4 Å². The number of piperazine rings is 1. The van der Waals surface area contributed by atoms with Gasteiger partial charge in [0.2, 0.25) is 5.91 Å². The van der Waals surface area contributed by atoms with Gasteiger partial charge in [0.25, 0.3) is 0 Å². The largest absolute Gasteiger partial charge is 0.352 e. The van der Waals surface area contributed by atoms with Gasteiger partial charge in [-0.05, 0) is 17.2 Å². The third kappa shape index (κ3) is 2.92. The van der Waals surface area contributed by atoms with Crippen LogP contribution >= 0.6 is 0 Å². The number of hydrogen-bond acceptors (Lipinski definition) is 4. The molecule has 4 rings (SSSR count). The van der Waals surface area contributed by atoms with E-state index < -0.39 is 0 Å². The van der Waals surface area contributed by atoms with Crippen molar-refractivity contribution < 1.29 is 4.79 Å². The van der Waals surface area contributed by atoms with Gasteiger partial charge in [-0.1, -0.05) is 30.3 Å². The van der Waals surface area contributed by atoms with Gasteiger partial charge in [-0.3, -0.25) is 9.69 Å². The number of carbonyl (C=O) groups is 1. The van der Waals surface area contributed by atoms with Crippen molar-refractivity contribution in [3.63, 3.8) is 0 Å². The summed E-state index contributed by atoms with van der Waals surface area (Å²) in [5.41, 5.74) is 3.33. The Labute approximate surface area is 135 Å². The van der Waals surface area contributed by atoms with E-state index >= 15 is 0 Å². The second-order valence-electron chi connectivity index (χ2n) is 6.14. The third-order valence-corrected chi connectivity index (χ3v) is 4.55. The zero-order valence-corrected chi connectivity index (χ0v) is 13.0. The molecule has 0 bridgehead atoms. The molecule has 1 fully saturated rings. The summed E-state index contributed by atoms with van der Waals surface area (Å²) in [6.45, 7) is 4.88. The van der Waals surface area contributed by atoms with E-state index in [1.165, 1.54) is 5.56 Å². The number of benzene rings is 1. The normalized spacial score (nSPS) is 17.9. The molecule has 5 nitrogen and oxygen atoms in total. The van der Waals surface area contributed by atoms with E-state index in [9.17, 15) is 4.79 Å². The number of amides is 1. The minimum atomic E-state index is 0.0666. The predicted molar refractivity (Wildman–Crippen MR) is 90.5 cm³/mol. The Morgan fingerprint density at radius 2 is 1.83 bits per heavy atom. The van der Waals surface area contributed by atoms with Crippen molar-refractivity contribution in [3.8, 4) is 0 Å². The second kappa shape index (κ2) is 6.01. The third-order valence-electron chi connectivity index (χ3n) is 4.55. The average Bonchev–Trinajstić information content (AvgIpc) is 2.97. The van der Waals surface area contributed by atoms with E-state index in [0.717, 1.165) is 49.8 Å². The number of fused-ring (bicyclic) bond motifs is 1. The maximum absolute atomic E-state index is 11.6. The summed E-state index contributed by atoms with van der Waals surface area (Å²) in [7, 11) is 0. The predicted octanol–water partition coefficient (Wildman–Crippen LogP) is 1.90. The summed E-state index contributed by atoms with van der Waals surface area (Å²) < 4.78 is 0. The first-order valence-corrected chi connectivity index (χ1v) is 8.08. The van der Waals surface area contributed by atoms with Gasteiger partial charge in [0, 0.05) is 38.9 Å². The van der Waals surface area contributed by atoms with Gasteiger partial charge in [-0.2, -0.15) is 0 Å². The van der Waals surface area contributed by atoms with Crippen molar-refractivity contribution in [2.24, 2.45) is 0 Å². The van der Waals surface area contributed by atoms with Crippen LogP contribution in [0.4, 0.5) is 11.5 Å². The molecule has 1 saturated heterocycles. The molecular weight excluding hydrogens is 288 g/mol. The van der Waals surface area contributed by atoms with Crippen LogP contribution in [0, 0.1) is 0 Å². The van der Waals surface area contributed by atoms with Gasteiger partial charge in [-0.15, -0.1) is 0 Å². The zero-order chi connectivity index (χ0) is 15.6. The Morgan fingerprint density at radius 3 is 2.61 bits per heavy atom. The lowest BCUT2D eigenvalue weighted by Crippen LogP contribution is -2.46. The highest BCUT2D eigenvalue weighted by Crippen LogP contribution is 2.32. The number of nitrogens with one attached hydrogen (secondary N) is 1. The number of carbonyl (C=O) groups excluding carboxylic acids is 1. The second-order valence-corrected chi connectivity index (χ2v) is 6.14. The molecule has 23 heavy (non-hydrogen) atoms. The topological polar surface area (TPSA) is 48.5 Å². The fourth-order valence-corrected chi connectivity index (χ4v) is 3.33. The van der Waals surface area contributed by atoms with Crippen LogP contribution < -0.4 is 10.2 Å². The monoisotopic (exact) mass is 308 g/mol. The molecule has 0 atom stereocenters. The quantitative estimate of drug-likeness (QED) is 0.941. The molecule has 2 aromatic rings. The number of nitrogens with zero attached hydrogens (tertiary/aromatic N) is 3. The van der Waals surface area contributed by atoms with Crippen LogP contribution in [-0.4, -0.2) is 42.0 Å². The van der Waals surface area contributed by atoms with Gasteiger partial charge < -0.3 is 10.2 Å². The molecule has 2 aliphatic heterocycles. The van der Waals surface area contributed by atoms with Crippen LogP contribution in [-0.2, 0) is 17.8 Å². The summed E-state index contributed by atoms with van der Waals surface area (Å²) in [6.07, 6.45) is 2.28. The van der Waals surface area contributed by atoms with Gasteiger partial charge in [-0.25, -0.2) is 4.98 Å². The van der Waals surface area contributed by atoms with Crippen LogP contribution in [0.1, 0.15) is 11.1 Å². The molecule has 2 aliphatic rings. The molecular formula is C18H20N4O. The smallest absolute Gasteiger partial charge is 0.228 e. The number of anilines is 2. The summed E-state index contributed by atoms with van der Waals surface area (Å²) >= 11 is 0. The van der Waals surface area contributed by atoms with E-state index in [-0.39, 0.29) is 5.91 Å². The van der Waals surface area contributed by atoms with Crippen LogP contribution in [0.25, 0.3) is 0 Å². The number of hydrogen-bond donors (Lipinski definition) is 1. The molecule has 1 amide bonds. The zero-order valence-electron chi connectivity index (χ0n) is 13.0. The van der Waals surface area contributed by atoms with E-state index in [0.29, 0.717) is 6.42 Å². The Hall–Kier alpha value is -2.40. The standard InChI is InChI=1S/C18H20N4O/c23-16-12-15-6-7-19-18(17(15)20-16)22-10-8-21(9-11-22)13-14-4-2-1-3-5-14/h1-7H,8-13H2,(H,20,23). The first-order chi connectivity index (χ1) is 11.3. The maximum Gasteiger partial charge on any atom is 0.228 e. The lowest BCUT2D eigenvalue weighted by Gasteiger charge is -2.36. The molecule has 0 unspecified atom stereocenters. The van der Waals surface area contributed by atoms with E-state index in [4.69, 9.17) is 0 Å². The molecule has 1 aromatic carbocycles. The Balaban J connectivity index is 1.43. The van der Waals surface area contributed by atoms with Crippen molar-refractivity contribution in [2.75, 3.05) is 36.4 Å². The number of pyridine rings is 1. The molecule has 3 heterocycles. The van der Waals surface area contributed by atoms with Crippen molar-refractivity contribution in [3.05, 3.63) is 53.7 Å². The fourth-order valence-electron chi connectivity index (χ4n) is 3.33. The summed E-state index contributed by atoms with van der Waals surface area (Å²) in [5.74, 6) is 0.990. The van der Waals surface area contributed by atoms with Crippen LogP contribution in [0.5, 0.6) is 0 Å². The Kier molecular flexibility index (Phi) is 3.71. The summed E-state index contributed by atoms with van der Waals surface area (Å²) in [5, 5.41) is 2.96. The fraction of sp³-hybridized carbons (Fsp3) is 0.333. The highest BCUT2D eigenvalue weighted by Gasteiger charge is 2.26. The van der Waals surface area contributed by atoms with Crippen molar-refractivity contribution in [1.82, 2.24) is 9.88 Å². The first kappa shape index (κ1) is 14.2. The maximum atomic E-state index is 11.6. The summed E-state index contributed by atoms with van der Waals surface area (Å²) in [4.78, 5) is 20.9. The molecule has 0 saturated carbocycles. The molecule has 1 aromatic heterocycles. The van der Waals surface area contributed by atoms with Gasteiger partial charge in [0.05, 0.1) is 12.1 Å². The van der Waals surface area contributed by atoms with Crippen LogP contribution in [0.3, 0.4) is 0 Å². The molecule has 5 heteroatoms. The first-order valence-electron chi connectivity index (χ1n) is 8.08. The molecule has 1 N–H and O–H groups in total. The number of aromatic nitrogens is 1. The Bertz CT molecular complexity index is 708. The van der Waals surface area contributed by atoms with Crippen LogP contribution in [0.15, 0.2) is 42.6 Å². The molecule has 118 valence electrons. The van der Waals surface area contributed by atoms with Crippen molar-refractivity contribution in [2.45, 2.75) is 13.0 Å². The van der Waals surface area contributed by atoms with E-state index in [1.807, 2.05) is 12.3 Å². The van der Waals surface area contributed by atoms with Crippen LogP contribution in [0.2, 0.25) is 0 Å². The lowest BCUT2D eigenvalue weighted by molar-refractivity contribution is -0.115. The minimum Gasteiger partial charge on any atom is -0.352 e. The highest BCUT2D eigenvalue weighted by molar-refractivity contribution is 6.02. The molecule has 0 radical (unpaired) electrons. The summed E-state index contributed by atoms with van der Waals surface area (Å²) in [6, 6.07) is 12.5. The minimum absolute atomic E-state index is 0.0666. The van der Waals surface area contributed by atoms with Gasteiger partial charge >= 0.3 is 0 Å².